The zero-order chi connectivity index (χ0) is 37.2. The number of aryl methyl sites for hydroxylation is 1. The van der Waals surface area contributed by atoms with Gasteiger partial charge in [0.2, 0.25) is 0 Å². The molecule has 4 aliphatic carbocycles. The summed E-state index contributed by atoms with van der Waals surface area (Å²) in [6.07, 6.45) is 17.8. The molecule has 3 aromatic heterocycles. The number of aromatic nitrogens is 4. The van der Waals surface area contributed by atoms with Crippen molar-refractivity contribution >= 4 is 26.6 Å². The zero-order valence-electron chi connectivity index (χ0n) is 32.2. The van der Waals surface area contributed by atoms with Crippen LogP contribution in [0.4, 0.5) is 5.82 Å². The normalized spacial score (nSPS) is 30.1. The highest BCUT2D eigenvalue weighted by Gasteiger charge is 2.55. The van der Waals surface area contributed by atoms with Crippen LogP contribution in [0.15, 0.2) is 48.8 Å². The Balaban J connectivity index is 0.783. The second-order valence-electron chi connectivity index (χ2n) is 17.6. The Kier molecular flexibility index (Phi) is 9.29. The molecule has 3 saturated carbocycles. The van der Waals surface area contributed by atoms with Gasteiger partial charge in [-0.05, 0) is 143 Å². The fourth-order valence-electron chi connectivity index (χ4n) is 11.3. The minimum absolute atomic E-state index is 0.260. The van der Waals surface area contributed by atoms with Crippen LogP contribution >= 0.6 is 0 Å². The van der Waals surface area contributed by atoms with E-state index in [1.54, 1.807) is 12.5 Å². The van der Waals surface area contributed by atoms with Gasteiger partial charge in [0.05, 0.1) is 26.3 Å². The minimum atomic E-state index is -2.84. The SMILES string of the molecule is C[C@@H]1CN(CCCCCO[C@H]2CC[C@H]3[C@@H]4CCc5cc(O)ccc5[C@H]4CC[C@]23C)CCN1c1cc(C2([S@](C)(=N)=O)CC2)nc(-c2ccnc3[nH]ccc23)n1. The Bertz CT molecular complexity index is 2130. The van der Waals surface area contributed by atoms with Gasteiger partial charge < -0.3 is 19.7 Å². The van der Waals surface area contributed by atoms with E-state index in [1.165, 1.54) is 56.1 Å². The van der Waals surface area contributed by atoms with Gasteiger partial charge >= 0.3 is 0 Å². The lowest BCUT2D eigenvalue weighted by molar-refractivity contribution is -0.0647. The number of aromatic hydroxyl groups is 1. The summed E-state index contributed by atoms with van der Waals surface area (Å²) >= 11 is 0. The highest BCUT2D eigenvalue weighted by Crippen LogP contribution is 2.61. The van der Waals surface area contributed by atoms with Gasteiger partial charge in [0, 0.05) is 67.9 Å². The number of hydrogen-bond acceptors (Lipinski definition) is 9. The molecule has 7 atom stereocenters. The van der Waals surface area contributed by atoms with Crippen LogP contribution in [-0.2, 0) is 25.6 Å². The third-order valence-electron chi connectivity index (χ3n) is 14.4. The van der Waals surface area contributed by atoms with Crippen molar-refractivity contribution < 1.29 is 14.1 Å². The minimum Gasteiger partial charge on any atom is -0.508 e. The lowest BCUT2D eigenvalue weighted by Crippen LogP contribution is -2.52. The van der Waals surface area contributed by atoms with Gasteiger partial charge in [-0.15, -0.1) is 0 Å². The van der Waals surface area contributed by atoms with Gasteiger partial charge in [-0.1, -0.05) is 13.0 Å². The number of nitrogens with zero attached hydrogens (tertiary/aromatic N) is 5. The van der Waals surface area contributed by atoms with Crippen LogP contribution in [0.2, 0.25) is 0 Å². The molecule has 3 N–H and O–H groups in total. The average Bonchev–Trinajstić information content (AvgIpc) is 3.74. The quantitative estimate of drug-likeness (QED) is 0.131. The number of piperazine rings is 1. The van der Waals surface area contributed by atoms with Crippen LogP contribution in [0.25, 0.3) is 22.4 Å². The van der Waals surface area contributed by atoms with Gasteiger partial charge in [0.25, 0.3) is 0 Å². The highest BCUT2D eigenvalue weighted by atomic mass is 32.2. The molecule has 4 heterocycles. The summed E-state index contributed by atoms with van der Waals surface area (Å²) in [4.78, 5) is 22.8. The highest BCUT2D eigenvalue weighted by molar-refractivity contribution is 7.93. The van der Waals surface area contributed by atoms with E-state index in [0.29, 0.717) is 29.0 Å². The van der Waals surface area contributed by atoms with Crippen LogP contribution in [0.5, 0.6) is 5.75 Å². The monoisotopic (exact) mass is 751 g/mol. The van der Waals surface area contributed by atoms with Crippen molar-refractivity contribution in [3.8, 4) is 17.1 Å². The molecular weight excluding hydrogens is 695 g/mol. The van der Waals surface area contributed by atoms with Gasteiger partial charge in [0.1, 0.15) is 17.2 Å². The molecule has 11 heteroatoms. The fourth-order valence-corrected chi connectivity index (χ4v) is 12.6. The average molecular weight is 752 g/mol. The van der Waals surface area contributed by atoms with E-state index in [9.17, 15) is 9.32 Å². The maximum Gasteiger partial charge on any atom is 0.162 e. The largest absolute Gasteiger partial charge is 0.508 e. The van der Waals surface area contributed by atoms with E-state index in [0.717, 1.165) is 98.4 Å². The van der Waals surface area contributed by atoms with Gasteiger partial charge in [0.15, 0.2) is 5.82 Å². The lowest BCUT2D eigenvalue weighted by Gasteiger charge is -2.50. The molecule has 10 nitrogen and oxygen atoms in total. The van der Waals surface area contributed by atoms with E-state index in [-0.39, 0.29) is 6.04 Å². The first-order valence-electron chi connectivity index (χ1n) is 20.5. The number of nitrogens with one attached hydrogen (secondary N) is 2. The summed E-state index contributed by atoms with van der Waals surface area (Å²) in [6, 6.07) is 12.3. The number of hydrogen-bond donors (Lipinski definition) is 3. The van der Waals surface area contributed by atoms with Crippen molar-refractivity contribution in [3.63, 3.8) is 0 Å². The predicted molar refractivity (Wildman–Crippen MR) is 214 cm³/mol. The second kappa shape index (κ2) is 13.9. The number of benzene rings is 1. The molecule has 4 aromatic rings. The van der Waals surface area contributed by atoms with E-state index in [1.807, 2.05) is 36.5 Å². The van der Waals surface area contributed by atoms with Crippen molar-refractivity contribution in [1.82, 2.24) is 24.8 Å². The number of pyridine rings is 1. The summed E-state index contributed by atoms with van der Waals surface area (Å²) in [7, 11) is -2.84. The molecule has 0 bridgehead atoms. The third kappa shape index (κ3) is 6.32. The Labute approximate surface area is 320 Å². The second-order valence-corrected chi connectivity index (χ2v) is 20.0. The van der Waals surface area contributed by atoms with Crippen molar-refractivity contribution in [2.24, 2.45) is 17.3 Å². The number of H-pyrrole nitrogens is 1. The van der Waals surface area contributed by atoms with Crippen molar-refractivity contribution in [2.45, 2.75) is 107 Å². The van der Waals surface area contributed by atoms with Gasteiger partial charge in [-0.25, -0.2) is 19.2 Å². The predicted octanol–water partition coefficient (Wildman–Crippen LogP) is 8.01. The maximum absolute atomic E-state index is 13.2. The van der Waals surface area contributed by atoms with E-state index < -0.39 is 14.5 Å². The van der Waals surface area contributed by atoms with Crippen LogP contribution in [0, 0.1) is 22.0 Å². The van der Waals surface area contributed by atoms with Crippen molar-refractivity contribution in [1.29, 1.82) is 4.78 Å². The first-order chi connectivity index (χ1) is 26.0. The van der Waals surface area contributed by atoms with Crippen LogP contribution < -0.4 is 4.90 Å². The fraction of sp³-hybridized carbons (Fsp3) is 0.605. The topological polar surface area (TPSA) is 131 Å². The number of fused-ring (bicyclic) bond motifs is 6. The molecule has 0 radical (unpaired) electrons. The van der Waals surface area contributed by atoms with Gasteiger partial charge in [-0.2, -0.15) is 0 Å². The molecule has 1 aromatic carbocycles. The summed E-state index contributed by atoms with van der Waals surface area (Å²) < 4.78 is 27.8. The Morgan fingerprint density at radius 1 is 1.04 bits per heavy atom. The maximum atomic E-state index is 13.2. The van der Waals surface area contributed by atoms with Crippen LogP contribution in [-0.4, -0.2) is 85.3 Å². The molecule has 0 unspecified atom stereocenters. The standard InChI is InChI=1S/C43H57N7O3S/c1-28-27-49(21-5-4-6-24-53-38-12-11-36-33-9-7-29-25-30(51)8-10-31(29)32(33)13-16-42(36,38)2)22-23-50(28)39-26-37(43(17-18-43)54(3,44)52)47-41(48-39)35-15-20-46-40-34(35)14-19-45-40/h8,10,14-15,19-20,25-26,28,32-33,36,38,44,51H,4-7,9,11-13,16-18,21-24,27H2,1-3H3,(H,45,46)/t28-,32-,33-,36+,38+,42+,54-/m1/s1. The first-order valence-corrected chi connectivity index (χ1v) is 22.5. The molecule has 1 saturated heterocycles. The molecule has 4 fully saturated rings. The summed E-state index contributed by atoms with van der Waals surface area (Å²) in [6.45, 7) is 9.56. The van der Waals surface area contributed by atoms with Crippen LogP contribution in [0.1, 0.15) is 101 Å². The molecule has 1 aliphatic heterocycles. The molecule has 288 valence electrons. The van der Waals surface area contributed by atoms with E-state index >= 15 is 0 Å². The lowest BCUT2D eigenvalue weighted by atomic mass is 9.55. The molecule has 54 heavy (non-hydrogen) atoms. The molecule has 0 spiro atoms. The Hall–Kier alpha value is -3.54. The molecular formula is C43H57N7O3S. The number of anilines is 1. The zero-order valence-corrected chi connectivity index (χ0v) is 33.0. The molecule has 0 amide bonds. The molecule has 9 rings (SSSR count). The molecule has 5 aliphatic rings. The smallest absolute Gasteiger partial charge is 0.162 e. The van der Waals surface area contributed by atoms with Crippen molar-refractivity contribution in [2.75, 3.05) is 43.9 Å². The Morgan fingerprint density at radius 3 is 2.72 bits per heavy atom. The van der Waals surface area contributed by atoms with Crippen LogP contribution in [0.3, 0.4) is 0 Å². The first kappa shape index (κ1) is 36.1. The van der Waals surface area contributed by atoms with E-state index in [4.69, 9.17) is 19.5 Å². The number of rotatable bonds is 11. The number of aromatic amines is 1. The third-order valence-corrected chi connectivity index (χ3v) is 16.5. The number of phenols is 1. The summed E-state index contributed by atoms with van der Waals surface area (Å²) in [5.41, 5.74) is 5.59. The Morgan fingerprint density at radius 2 is 1.91 bits per heavy atom. The number of unbranched alkanes of at least 4 members (excludes halogenated alkanes) is 2. The summed E-state index contributed by atoms with van der Waals surface area (Å²) in [5, 5.41) is 11.0. The number of phenolic OH excluding ortho intramolecular Hbond substituents is 1. The van der Waals surface area contributed by atoms with Crippen molar-refractivity contribution in [3.05, 3.63) is 65.6 Å². The number of ether oxygens (including phenoxy) is 1. The van der Waals surface area contributed by atoms with Gasteiger partial charge in [-0.3, -0.25) is 9.68 Å². The van der Waals surface area contributed by atoms with E-state index in [2.05, 4.69) is 39.7 Å². The summed E-state index contributed by atoms with van der Waals surface area (Å²) in [5.74, 6) is 4.02.